The lowest BCUT2D eigenvalue weighted by atomic mass is 9.87. The molecular weight excluding hydrogens is 613 g/mol. The lowest BCUT2D eigenvalue weighted by Gasteiger charge is -2.34. The third kappa shape index (κ3) is 5.92. The van der Waals surface area contributed by atoms with Crippen molar-refractivity contribution in [2.45, 2.75) is 38.3 Å². The van der Waals surface area contributed by atoms with Crippen molar-refractivity contribution < 1.29 is 19.4 Å². The average molecular weight is 646 g/mol. The number of anilines is 1. The number of aryl methyl sites for hydroxylation is 1. The number of carbonyl (C=O) groups excluding carboxylic acids is 1. The van der Waals surface area contributed by atoms with E-state index in [4.69, 9.17) is 4.74 Å². The number of carboxylic acids is 1. The highest BCUT2D eigenvalue weighted by Crippen LogP contribution is 2.52. The van der Waals surface area contributed by atoms with E-state index in [0.29, 0.717) is 6.54 Å². The van der Waals surface area contributed by atoms with Crippen molar-refractivity contribution in [2.75, 3.05) is 15.9 Å². The van der Waals surface area contributed by atoms with Crippen molar-refractivity contribution >= 4 is 40.2 Å². The Balaban J connectivity index is 1.60. The van der Waals surface area contributed by atoms with Crippen molar-refractivity contribution in [1.29, 1.82) is 0 Å². The molecule has 5 nitrogen and oxygen atoms in total. The minimum Gasteiger partial charge on any atom is -0.481 e. The molecule has 2 atom stereocenters. The summed E-state index contributed by atoms with van der Waals surface area (Å²) in [7, 11) is 0. The van der Waals surface area contributed by atoms with Crippen LogP contribution in [0.4, 0.5) is 5.69 Å². The number of fused-ring (bicyclic) bond motifs is 3. The van der Waals surface area contributed by atoms with Crippen LogP contribution in [0.3, 0.4) is 0 Å². The number of benzene rings is 4. The zero-order valence-electron chi connectivity index (χ0n) is 22.4. The Bertz CT molecular complexity index is 1490. The molecule has 1 aliphatic rings. The van der Waals surface area contributed by atoms with Gasteiger partial charge >= 0.3 is 11.9 Å². The summed E-state index contributed by atoms with van der Waals surface area (Å²) in [5.74, 6) is -1.59. The van der Waals surface area contributed by atoms with Crippen LogP contribution in [0.15, 0.2) is 97.1 Å². The topological polar surface area (TPSA) is 66.8 Å². The van der Waals surface area contributed by atoms with Crippen LogP contribution in [-0.2, 0) is 20.9 Å². The Morgan fingerprint density at radius 2 is 1.60 bits per heavy atom. The highest BCUT2D eigenvalue weighted by Gasteiger charge is 2.37. The molecule has 0 radical (unpaired) electrons. The quantitative estimate of drug-likeness (QED) is 0.0924. The van der Waals surface area contributed by atoms with Gasteiger partial charge in [0.05, 0.1) is 6.42 Å². The van der Waals surface area contributed by atoms with E-state index in [1.807, 2.05) is 47.4 Å². The second kappa shape index (κ2) is 12.7. The molecule has 0 spiro atoms. The minimum atomic E-state index is -1.04. The van der Waals surface area contributed by atoms with Crippen LogP contribution in [0.1, 0.15) is 46.6 Å². The van der Waals surface area contributed by atoms with E-state index in [9.17, 15) is 14.7 Å². The number of nitrogens with zero attached hydrogens (tertiary/aromatic N) is 1. The van der Waals surface area contributed by atoms with Crippen LogP contribution >= 0.6 is 22.6 Å². The molecule has 4 aromatic carbocycles. The zero-order chi connectivity index (χ0) is 28.1. The van der Waals surface area contributed by atoms with E-state index in [1.54, 1.807) is 0 Å². The Hall–Kier alpha value is -3.65. The summed E-state index contributed by atoms with van der Waals surface area (Å²) in [6.45, 7) is 2.71. The Kier molecular flexibility index (Phi) is 8.85. The van der Waals surface area contributed by atoms with Gasteiger partial charge in [-0.2, -0.15) is 0 Å². The molecule has 1 N–H and O–H groups in total. The Morgan fingerprint density at radius 1 is 0.900 bits per heavy atom. The molecule has 0 amide bonds. The van der Waals surface area contributed by atoms with Gasteiger partial charge in [-0.3, -0.25) is 4.79 Å². The number of hydrogen-bond donors (Lipinski definition) is 1. The second-order valence-electron chi connectivity index (χ2n) is 10.1. The van der Waals surface area contributed by atoms with Crippen molar-refractivity contribution in [3.05, 3.63) is 125 Å². The fraction of sp³-hybridized carbons (Fsp3) is 0.235. The largest absolute Gasteiger partial charge is 0.481 e. The maximum atomic E-state index is 13.6. The van der Waals surface area contributed by atoms with Crippen LogP contribution in [0.2, 0.25) is 0 Å². The molecule has 1 unspecified atom stereocenters. The highest BCUT2D eigenvalue weighted by atomic mass is 127. The lowest BCUT2D eigenvalue weighted by Crippen LogP contribution is -2.45. The summed E-state index contributed by atoms with van der Waals surface area (Å²) >= 11 is 2.33. The molecule has 0 heterocycles. The zero-order valence-corrected chi connectivity index (χ0v) is 24.6. The number of carboxylic acid groups (broad SMARTS) is 1. The SMILES string of the molecule is Cc1ccc(C2c3ccccc3-c3cccc(N(CCCI)[C@H](CC(=O)O)C(=O)OCc4ccccc4)c32)cc1. The van der Waals surface area contributed by atoms with Gasteiger partial charge in [0.2, 0.25) is 0 Å². The molecule has 5 rings (SSSR count). The number of carbonyl (C=O) groups is 2. The molecule has 0 bridgehead atoms. The number of esters is 1. The van der Waals surface area contributed by atoms with Gasteiger partial charge in [-0.05, 0) is 52.8 Å². The normalized spacial score (nSPS) is 14.2. The second-order valence-corrected chi connectivity index (χ2v) is 11.2. The maximum absolute atomic E-state index is 13.6. The minimum absolute atomic E-state index is 0.0316. The molecule has 6 heteroatoms. The molecule has 0 fully saturated rings. The van der Waals surface area contributed by atoms with Crippen LogP contribution in [0.5, 0.6) is 0 Å². The standard InChI is InChI=1S/C34H32INO4/c1-23-15-17-25(18-16-23)32-27-12-6-5-11-26(27)28-13-7-14-29(33(28)32)36(20-8-19-35)30(21-31(37)38)34(39)40-22-24-9-3-2-4-10-24/h2-7,9-18,30,32H,8,19-22H2,1H3,(H,37,38)/t30-,32?/m1/s1. The third-order valence-corrected chi connectivity index (χ3v) is 8.19. The highest BCUT2D eigenvalue weighted by molar-refractivity contribution is 14.1. The van der Waals surface area contributed by atoms with Gasteiger partial charge in [0, 0.05) is 22.6 Å². The molecule has 0 saturated heterocycles. The maximum Gasteiger partial charge on any atom is 0.329 e. The summed E-state index contributed by atoms with van der Waals surface area (Å²) in [5.41, 5.74) is 8.70. The Morgan fingerprint density at radius 3 is 2.33 bits per heavy atom. The number of aliphatic carboxylic acids is 1. The van der Waals surface area contributed by atoms with Gasteiger partial charge in [-0.1, -0.05) is 119 Å². The first-order valence-electron chi connectivity index (χ1n) is 13.5. The summed E-state index contributed by atoms with van der Waals surface area (Å²) in [4.78, 5) is 27.7. The lowest BCUT2D eigenvalue weighted by molar-refractivity contribution is -0.150. The van der Waals surface area contributed by atoms with E-state index < -0.39 is 18.0 Å². The van der Waals surface area contributed by atoms with E-state index in [-0.39, 0.29) is 18.9 Å². The van der Waals surface area contributed by atoms with Gasteiger partial charge in [-0.25, -0.2) is 4.79 Å². The van der Waals surface area contributed by atoms with Gasteiger partial charge in [0.1, 0.15) is 12.6 Å². The first-order chi connectivity index (χ1) is 19.5. The first kappa shape index (κ1) is 27.9. The number of hydrogen-bond acceptors (Lipinski definition) is 4. The summed E-state index contributed by atoms with van der Waals surface area (Å²) in [5, 5.41) is 9.89. The molecule has 0 saturated carbocycles. The first-order valence-corrected chi connectivity index (χ1v) is 15.0. The van der Waals surface area contributed by atoms with Gasteiger partial charge in [-0.15, -0.1) is 0 Å². The molecule has 0 aliphatic heterocycles. The van der Waals surface area contributed by atoms with Crippen LogP contribution in [-0.4, -0.2) is 34.1 Å². The number of alkyl halides is 1. The number of ether oxygens (including phenoxy) is 1. The number of rotatable bonds is 11. The summed E-state index contributed by atoms with van der Waals surface area (Å²) in [6.07, 6.45) is 0.454. The van der Waals surface area contributed by atoms with Crippen LogP contribution in [0.25, 0.3) is 11.1 Å². The average Bonchev–Trinajstić information content (AvgIpc) is 3.31. The Labute approximate surface area is 248 Å². The van der Waals surface area contributed by atoms with Crippen molar-refractivity contribution in [1.82, 2.24) is 0 Å². The van der Waals surface area contributed by atoms with Crippen molar-refractivity contribution in [3.8, 4) is 11.1 Å². The summed E-state index contributed by atoms with van der Waals surface area (Å²) < 4.78 is 6.61. The molecule has 40 heavy (non-hydrogen) atoms. The van der Waals surface area contributed by atoms with Crippen LogP contribution in [0, 0.1) is 6.92 Å². The van der Waals surface area contributed by atoms with E-state index in [1.165, 1.54) is 22.3 Å². The molecular formula is C34H32INO4. The molecule has 204 valence electrons. The summed E-state index contributed by atoms with van der Waals surface area (Å²) in [6, 6.07) is 31.7. The fourth-order valence-electron chi connectivity index (χ4n) is 5.58. The molecule has 0 aromatic heterocycles. The third-order valence-electron chi connectivity index (χ3n) is 7.43. The van der Waals surface area contributed by atoms with Gasteiger partial charge in [0.25, 0.3) is 0 Å². The van der Waals surface area contributed by atoms with Gasteiger partial charge in [0.15, 0.2) is 0 Å². The molecule has 4 aromatic rings. The van der Waals surface area contributed by atoms with Crippen LogP contribution < -0.4 is 4.90 Å². The monoisotopic (exact) mass is 645 g/mol. The van der Waals surface area contributed by atoms with E-state index >= 15 is 0 Å². The van der Waals surface area contributed by atoms with Crippen molar-refractivity contribution in [3.63, 3.8) is 0 Å². The smallest absolute Gasteiger partial charge is 0.329 e. The predicted octanol–water partition coefficient (Wildman–Crippen LogP) is 7.37. The van der Waals surface area contributed by atoms with Gasteiger partial charge < -0.3 is 14.7 Å². The predicted molar refractivity (Wildman–Crippen MR) is 167 cm³/mol. The van der Waals surface area contributed by atoms with E-state index in [2.05, 4.69) is 84.1 Å². The fourth-order valence-corrected chi connectivity index (χ4v) is 5.92. The molecule has 1 aliphatic carbocycles. The number of halogens is 1. The van der Waals surface area contributed by atoms with E-state index in [0.717, 1.165) is 33.2 Å². The van der Waals surface area contributed by atoms with Crippen molar-refractivity contribution in [2.24, 2.45) is 0 Å².